The molecule has 1 saturated heterocycles. The molecule has 1 amide bonds. The second-order valence-corrected chi connectivity index (χ2v) is 10.9. The van der Waals surface area contributed by atoms with Crippen LogP contribution in [0, 0.1) is 0 Å². The summed E-state index contributed by atoms with van der Waals surface area (Å²) in [6.45, 7) is 0.670. The van der Waals surface area contributed by atoms with Crippen molar-refractivity contribution in [1.29, 1.82) is 0 Å². The Balaban J connectivity index is 1.30. The molecule has 1 aliphatic rings. The third-order valence-corrected chi connectivity index (χ3v) is 8.96. The molecule has 1 aromatic heterocycles. The normalized spacial score (nSPS) is 14.8. The fourth-order valence-electron chi connectivity index (χ4n) is 4.19. The average molecular weight is 543 g/mol. The first kappa shape index (κ1) is 24.5. The number of para-hydroxylation sites is 1. The number of fused-ring (bicyclic) bond motifs is 1. The van der Waals surface area contributed by atoms with Gasteiger partial charge in [0.2, 0.25) is 10.0 Å². The Morgan fingerprint density at radius 3 is 2.14 bits per heavy atom. The van der Waals surface area contributed by atoms with E-state index >= 15 is 0 Å². The first-order valence-electron chi connectivity index (χ1n) is 11.1. The van der Waals surface area contributed by atoms with Crippen LogP contribution >= 0.6 is 23.2 Å². The Bertz CT molecular complexity index is 1610. The van der Waals surface area contributed by atoms with Gasteiger partial charge in [0, 0.05) is 31.7 Å². The Hall–Kier alpha value is -3.24. The van der Waals surface area contributed by atoms with Gasteiger partial charge >= 0.3 is 0 Å². The number of piperazine rings is 1. The minimum Gasteiger partial charge on any atom is -0.336 e. The number of hydrogen-bond donors (Lipinski definition) is 0. The lowest BCUT2D eigenvalue weighted by molar-refractivity contribution is 0.0698. The van der Waals surface area contributed by atoms with Crippen LogP contribution in [0.5, 0.6) is 0 Å². The van der Waals surface area contributed by atoms with E-state index in [4.69, 9.17) is 23.2 Å². The SMILES string of the molecule is O=C(c1ccc(-n2cnc3ccccc3c2=O)cc1)N1CCN(S(=O)(=O)c2c(Cl)cccc2Cl)CC1. The smallest absolute Gasteiger partial charge is 0.265 e. The lowest BCUT2D eigenvalue weighted by Gasteiger charge is -2.34. The summed E-state index contributed by atoms with van der Waals surface area (Å²) in [5.41, 5.74) is 1.44. The quantitative estimate of drug-likeness (QED) is 0.390. The molecule has 1 fully saturated rings. The van der Waals surface area contributed by atoms with Gasteiger partial charge in [-0.2, -0.15) is 4.31 Å². The molecular weight excluding hydrogens is 523 g/mol. The summed E-state index contributed by atoms with van der Waals surface area (Å²) in [5, 5.41) is 0.620. The van der Waals surface area contributed by atoms with Gasteiger partial charge in [0.25, 0.3) is 11.5 Å². The topological polar surface area (TPSA) is 92.6 Å². The van der Waals surface area contributed by atoms with Gasteiger partial charge in [-0.05, 0) is 48.5 Å². The molecule has 0 atom stereocenters. The molecule has 0 N–H and O–H groups in total. The van der Waals surface area contributed by atoms with E-state index in [9.17, 15) is 18.0 Å². The van der Waals surface area contributed by atoms with E-state index in [0.717, 1.165) is 0 Å². The van der Waals surface area contributed by atoms with Gasteiger partial charge in [0.1, 0.15) is 11.2 Å². The van der Waals surface area contributed by atoms with Crippen LogP contribution in [0.1, 0.15) is 10.4 Å². The van der Waals surface area contributed by atoms with Crippen molar-refractivity contribution in [3.63, 3.8) is 0 Å². The number of carbonyl (C=O) groups is 1. The zero-order valence-corrected chi connectivity index (χ0v) is 21.2. The van der Waals surface area contributed by atoms with Gasteiger partial charge in [-0.1, -0.05) is 41.4 Å². The first-order valence-corrected chi connectivity index (χ1v) is 13.3. The fourth-order valence-corrected chi connectivity index (χ4v) is 6.70. The summed E-state index contributed by atoms with van der Waals surface area (Å²) in [6.07, 6.45) is 1.46. The van der Waals surface area contributed by atoms with Crippen LogP contribution in [0.3, 0.4) is 0 Å². The van der Waals surface area contributed by atoms with Crippen molar-refractivity contribution in [3.05, 3.63) is 99.0 Å². The Morgan fingerprint density at radius 2 is 1.47 bits per heavy atom. The molecule has 2 heterocycles. The molecule has 0 bridgehead atoms. The van der Waals surface area contributed by atoms with Crippen molar-refractivity contribution >= 4 is 50.0 Å². The summed E-state index contributed by atoms with van der Waals surface area (Å²) >= 11 is 12.2. The summed E-state index contributed by atoms with van der Waals surface area (Å²) in [5.74, 6) is -0.224. The Morgan fingerprint density at radius 1 is 0.833 bits per heavy atom. The van der Waals surface area contributed by atoms with E-state index in [2.05, 4.69) is 4.98 Å². The van der Waals surface area contributed by atoms with Crippen molar-refractivity contribution in [2.75, 3.05) is 26.2 Å². The predicted molar refractivity (Wildman–Crippen MR) is 138 cm³/mol. The molecule has 5 rings (SSSR count). The lowest BCUT2D eigenvalue weighted by Crippen LogP contribution is -2.50. The van der Waals surface area contributed by atoms with Crippen molar-refractivity contribution in [2.45, 2.75) is 4.90 Å². The molecule has 0 unspecified atom stereocenters. The zero-order valence-electron chi connectivity index (χ0n) is 18.8. The molecule has 1 aliphatic heterocycles. The van der Waals surface area contributed by atoms with E-state index in [1.165, 1.54) is 27.3 Å². The van der Waals surface area contributed by atoms with Crippen LogP contribution in [0.15, 0.2) is 82.7 Å². The molecule has 0 radical (unpaired) electrons. The minimum atomic E-state index is -3.90. The van der Waals surface area contributed by atoms with E-state index in [1.54, 1.807) is 53.4 Å². The van der Waals surface area contributed by atoms with Crippen molar-refractivity contribution in [3.8, 4) is 5.69 Å². The number of halogens is 2. The van der Waals surface area contributed by atoms with Crippen LogP contribution in [0.2, 0.25) is 10.0 Å². The van der Waals surface area contributed by atoms with Gasteiger partial charge in [-0.3, -0.25) is 14.2 Å². The first-order chi connectivity index (χ1) is 17.3. The number of amides is 1. The highest BCUT2D eigenvalue weighted by atomic mass is 35.5. The van der Waals surface area contributed by atoms with Crippen LogP contribution < -0.4 is 5.56 Å². The van der Waals surface area contributed by atoms with Crippen LogP contribution in [-0.4, -0.2) is 59.3 Å². The van der Waals surface area contributed by atoms with Gasteiger partial charge in [0.15, 0.2) is 0 Å². The molecule has 36 heavy (non-hydrogen) atoms. The summed E-state index contributed by atoms with van der Waals surface area (Å²) in [4.78, 5) is 31.7. The largest absolute Gasteiger partial charge is 0.336 e. The zero-order chi connectivity index (χ0) is 25.4. The van der Waals surface area contributed by atoms with Crippen LogP contribution in [0.25, 0.3) is 16.6 Å². The van der Waals surface area contributed by atoms with Crippen molar-refractivity contribution in [1.82, 2.24) is 18.8 Å². The summed E-state index contributed by atoms with van der Waals surface area (Å²) in [7, 11) is -3.90. The lowest BCUT2D eigenvalue weighted by atomic mass is 10.1. The van der Waals surface area contributed by atoms with Crippen LogP contribution in [0.4, 0.5) is 0 Å². The standard InChI is InChI=1S/C25H20Cl2N4O4S/c26-20-5-3-6-21(27)23(20)36(34,35)30-14-12-29(13-15-30)24(32)17-8-10-18(11-9-17)31-16-28-22-7-2-1-4-19(22)25(31)33/h1-11,16H,12-15H2. The number of sulfonamides is 1. The number of hydrogen-bond acceptors (Lipinski definition) is 5. The van der Waals surface area contributed by atoms with Gasteiger partial charge in [-0.25, -0.2) is 13.4 Å². The monoisotopic (exact) mass is 542 g/mol. The van der Waals surface area contributed by atoms with Crippen molar-refractivity contribution < 1.29 is 13.2 Å². The predicted octanol–water partition coefficient (Wildman–Crippen LogP) is 3.84. The molecule has 0 aliphatic carbocycles. The van der Waals surface area contributed by atoms with E-state index in [-0.39, 0.29) is 52.6 Å². The van der Waals surface area contributed by atoms with Crippen LogP contribution in [-0.2, 0) is 10.0 Å². The summed E-state index contributed by atoms with van der Waals surface area (Å²) < 4.78 is 28.9. The maximum atomic E-state index is 13.1. The third-order valence-electron chi connectivity index (χ3n) is 6.10. The van der Waals surface area contributed by atoms with Crippen molar-refractivity contribution in [2.24, 2.45) is 0 Å². The average Bonchev–Trinajstić information content (AvgIpc) is 2.89. The maximum absolute atomic E-state index is 13.1. The number of benzene rings is 3. The number of nitrogens with zero attached hydrogens (tertiary/aromatic N) is 4. The van der Waals surface area contributed by atoms with Gasteiger partial charge in [0.05, 0.1) is 26.6 Å². The third kappa shape index (κ3) is 4.39. The second-order valence-electron chi connectivity index (χ2n) is 8.23. The highest BCUT2D eigenvalue weighted by Gasteiger charge is 2.33. The van der Waals surface area contributed by atoms with Gasteiger partial charge < -0.3 is 4.90 Å². The molecule has 0 spiro atoms. The highest BCUT2D eigenvalue weighted by Crippen LogP contribution is 2.32. The molecule has 8 nitrogen and oxygen atoms in total. The minimum absolute atomic E-state index is 0.0572. The van der Waals surface area contributed by atoms with E-state index < -0.39 is 10.0 Å². The fraction of sp³-hybridized carbons (Fsp3) is 0.160. The highest BCUT2D eigenvalue weighted by molar-refractivity contribution is 7.89. The molecule has 184 valence electrons. The van der Waals surface area contributed by atoms with Gasteiger partial charge in [-0.15, -0.1) is 0 Å². The second kappa shape index (κ2) is 9.67. The maximum Gasteiger partial charge on any atom is 0.265 e. The molecular formula is C25H20Cl2N4O4S. The number of rotatable bonds is 4. The number of carbonyl (C=O) groups excluding carboxylic acids is 1. The summed E-state index contributed by atoms with van der Waals surface area (Å²) in [6, 6.07) is 18.3. The Labute approximate surface area is 217 Å². The molecule has 3 aromatic carbocycles. The van der Waals surface area contributed by atoms with E-state index in [1.807, 2.05) is 6.07 Å². The Kier molecular flexibility index (Phi) is 6.57. The van der Waals surface area contributed by atoms with E-state index in [0.29, 0.717) is 22.2 Å². The molecule has 0 saturated carbocycles. The number of aromatic nitrogens is 2. The molecule has 11 heteroatoms. The molecule has 4 aromatic rings.